The zero-order valence-corrected chi connectivity index (χ0v) is 11.1. The van der Waals surface area contributed by atoms with E-state index in [4.69, 9.17) is 0 Å². The Bertz CT molecular complexity index is 625. The molecule has 2 aromatic carbocycles. The molecule has 2 aromatic rings. The molecule has 1 atom stereocenters. The molecule has 19 heavy (non-hydrogen) atoms. The fourth-order valence-corrected chi connectivity index (χ4v) is 2.52. The van der Waals surface area contributed by atoms with Gasteiger partial charge in [-0.15, -0.1) is 0 Å². The van der Waals surface area contributed by atoms with Gasteiger partial charge in [0, 0.05) is 11.6 Å². The molecule has 1 heterocycles. The number of allylic oxidation sites excluding steroid dienone is 1. The molecule has 0 aliphatic carbocycles. The van der Waals surface area contributed by atoms with Crippen LogP contribution in [0.25, 0.3) is 6.08 Å². The Hall–Kier alpha value is -2.15. The first kappa shape index (κ1) is 11.9. The molecule has 94 valence electrons. The highest BCUT2D eigenvalue weighted by molar-refractivity contribution is 5.85. The van der Waals surface area contributed by atoms with Gasteiger partial charge < -0.3 is 0 Å². The Morgan fingerprint density at radius 3 is 2.58 bits per heavy atom. The van der Waals surface area contributed by atoms with Crippen LogP contribution in [-0.4, -0.2) is 6.21 Å². The van der Waals surface area contributed by atoms with E-state index in [1.165, 1.54) is 11.1 Å². The second-order valence-corrected chi connectivity index (χ2v) is 5.21. The molecular weight excluding hydrogens is 230 g/mol. The Labute approximate surface area is 114 Å². The van der Waals surface area contributed by atoms with Crippen LogP contribution in [0.4, 0.5) is 5.69 Å². The van der Waals surface area contributed by atoms with Crippen molar-refractivity contribution in [3.63, 3.8) is 0 Å². The normalized spacial score (nSPS) is 20.9. The van der Waals surface area contributed by atoms with Crippen molar-refractivity contribution >= 4 is 18.0 Å². The summed E-state index contributed by atoms with van der Waals surface area (Å²) >= 11 is 0. The van der Waals surface area contributed by atoms with Crippen molar-refractivity contribution in [2.24, 2.45) is 4.99 Å². The molecular formula is C18H17N. The molecule has 1 aliphatic heterocycles. The minimum Gasteiger partial charge on any atom is -0.260 e. The minimum atomic E-state index is 0.0296. The van der Waals surface area contributed by atoms with E-state index in [2.05, 4.69) is 72.7 Å². The number of hydrogen-bond donors (Lipinski definition) is 0. The monoisotopic (exact) mass is 247 g/mol. The standard InChI is InChI=1S/C18H17N/c1-18(13-7-10-15-8-3-2-4-9-15)14-19-17-12-6-5-11-16(17)18/h2-12,14H,13H2,1H3/b10-7+. The van der Waals surface area contributed by atoms with E-state index in [-0.39, 0.29) is 5.41 Å². The maximum atomic E-state index is 4.52. The van der Waals surface area contributed by atoms with Crippen molar-refractivity contribution < 1.29 is 0 Å². The predicted molar refractivity (Wildman–Crippen MR) is 82.0 cm³/mol. The van der Waals surface area contributed by atoms with Crippen LogP contribution in [0.5, 0.6) is 0 Å². The molecule has 1 unspecified atom stereocenters. The van der Waals surface area contributed by atoms with E-state index in [0.29, 0.717) is 0 Å². The molecule has 3 rings (SSSR count). The summed E-state index contributed by atoms with van der Waals surface area (Å²) in [7, 11) is 0. The first-order valence-electron chi connectivity index (χ1n) is 6.64. The zero-order valence-electron chi connectivity index (χ0n) is 11.1. The molecule has 0 aromatic heterocycles. The number of rotatable bonds is 3. The van der Waals surface area contributed by atoms with Gasteiger partial charge in [0.05, 0.1) is 5.69 Å². The van der Waals surface area contributed by atoms with Gasteiger partial charge in [0.25, 0.3) is 0 Å². The van der Waals surface area contributed by atoms with Crippen LogP contribution in [0, 0.1) is 0 Å². The van der Waals surface area contributed by atoms with Crippen LogP contribution in [0.15, 0.2) is 65.7 Å². The Morgan fingerprint density at radius 2 is 1.74 bits per heavy atom. The number of hydrogen-bond acceptors (Lipinski definition) is 1. The van der Waals surface area contributed by atoms with Crippen molar-refractivity contribution in [3.8, 4) is 0 Å². The van der Waals surface area contributed by atoms with Crippen LogP contribution in [0.1, 0.15) is 24.5 Å². The summed E-state index contributed by atoms with van der Waals surface area (Å²) in [6.45, 7) is 2.25. The van der Waals surface area contributed by atoms with Crippen molar-refractivity contribution in [1.29, 1.82) is 0 Å². The maximum Gasteiger partial charge on any atom is 0.0667 e. The average Bonchev–Trinajstić information content (AvgIpc) is 2.79. The molecule has 1 aliphatic rings. The smallest absolute Gasteiger partial charge is 0.0667 e. The van der Waals surface area contributed by atoms with Crippen LogP contribution in [0.3, 0.4) is 0 Å². The van der Waals surface area contributed by atoms with Gasteiger partial charge in [0.1, 0.15) is 0 Å². The summed E-state index contributed by atoms with van der Waals surface area (Å²) in [5.74, 6) is 0. The predicted octanol–water partition coefficient (Wildman–Crippen LogP) is 4.76. The molecule has 0 saturated carbocycles. The molecule has 0 fully saturated rings. The third-order valence-corrected chi connectivity index (χ3v) is 3.66. The fraction of sp³-hybridized carbons (Fsp3) is 0.167. The Balaban J connectivity index is 1.78. The highest BCUT2D eigenvalue weighted by Gasteiger charge is 2.29. The Morgan fingerprint density at radius 1 is 1.00 bits per heavy atom. The van der Waals surface area contributed by atoms with Gasteiger partial charge in [0.15, 0.2) is 0 Å². The number of aliphatic imine (C=N–C) groups is 1. The van der Waals surface area contributed by atoms with Gasteiger partial charge in [-0.05, 0) is 23.6 Å². The largest absolute Gasteiger partial charge is 0.260 e. The molecule has 0 saturated heterocycles. The van der Waals surface area contributed by atoms with Gasteiger partial charge >= 0.3 is 0 Å². The lowest BCUT2D eigenvalue weighted by Crippen LogP contribution is -2.19. The zero-order chi connectivity index (χ0) is 13.1. The fourth-order valence-electron chi connectivity index (χ4n) is 2.52. The summed E-state index contributed by atoms with van der Waals surface area (Å²) in [5.41, 5.74) is 3.71. The summed E-state index contributed by atoms with van der Waals surface area (Å²) in [4.78, 5) is 4.52. The van der Waals surface area contributed by atoms with E-state index in [1.54, 1.807) is 0 Å². The molecule has 1 nitrogen and oxygen atoms in total. The van der Waals surface area contributed by atoms with Crippen LogP contribution in [0.2, 0.25) is 0 Å². The van der Waals surface area contributed by atoms with Gasteiger partial charge in [-0.25, -0.2) is 0 Å². The molecule has 0 N–H and O–H groups in total. The van der Waals surface area contributed by atoms with Crippen LogP contribution >= 0.6 is 0 Å². The topological polar surface area (TPSA) is 12.4 Å². The molecule has 0 bridgehead atoms. The van der Waals surface area contributed by atoms with E-state index in [9.17, 15) is 0 Å². The number of nitrogens with zero attached hydrogens (tertiary/aromatic N) is 1. The van der Waals surface area contributed by atoms with Gasteiger partial charge in [-0.3, -0.25) is 4.99 Å². The second-order valence-electron chi connectivity index (χ2n) is 5.21. The van der Waals surface area contributed by atoms with Gasteiger partial charge in [0.2, 0.25) is 0 Å². The third-order valence-electron chi connectivity index (χ3n) is 3.66. The van der Waals surface area contributed by atoms with Crippen LogP contribution in [-0.2, 0) is 5.41 Å². The molecule has 0 amide bonds. The minimum absolute atomic E-state index is 0.0296. The molecule has 1 heteroatoms. The summed E-state index contributed by atoms with van der Waals surface area (Å²) in [6.07, 6.45) is 7.47. The van der Waals surface area contributed by atoms with E-state index >= 15 is 0 Å². The number of fused-ring (bicyclic) bond motifs is 1. The first-order chi connectivity index (χ1) is 9.28. The lowest BCUT2D eigenvalue weighted by molar-refractivity contribution is 0.679. The van der Waals surface area contributed by atoms with Crippen LogP contribution < -0.4 is 0 Å². The van der Waals surface area contributed by atoms with Crippen molar-refractivity contribution in [1.82, 2.24) is 0 Å². The van der Waals surface area contributed by atoms with E-state index in [1.807, 2.05) is 12.1 Å². The molecule has 0 spiro atoms. The van der Waals surface area contributed by atoms with Crippen molar-refractivity contribution in [3.05, 3.63) is 71.8 Å². The summed E-state index contributed by atoms with van der Waals surface area (Å²) in [5, 5.41) is 0. The number of para-hydroxylation sites is 1. The number of benzene rings is 2. The third kappa shape index (κ3) is 2.37. The lowest BCUT2D eigenvalue weighted by atomic mass is 9.81. The maximum absolute atomic E-state index is 4.52. The van der Waals surface area contributed by atoms with Gasteiger partial charge in [-0.2, -0.15) is 0 Å². The molecule has 0 radical (unpaired) electrons. The second kappa shape index (κ2) is 4.85. The van der Waals surface area contributed by atoms with Gasteiger partial charge in [-0.1, -0.05) is 67.6 Å². The van der Waals surface area contributed by atoms with Crippen molar-refractivity contribution in [2.45, 2.75) is 18.8 Å². The first-order valence-corrected chi connectivity index (χ1v) is 6.64. The average molecular weight is 247 g/mol. The highest BCUT2D eigenvalue weighted by Crippen LogP contribution is 2.38. The van der Waals surface area contributed by atoms with Crippen molar-refractivity contribution in [2.75, 3.05) is 0 Å². The SMILES string of the molecule is CC1(C/C=C/c2ccccc2)C=Nc2ccccc21. The quantitative estimate of drug-likeness (QED) is 0.741. The van der Waals surface area contributed by atoms with E-state index in [0.717, 1.165) is 12.1 Å². The highest BCUT2D eigenvalue weighted by atomic mass is 14.8. The summed E-state index contributed by atoms with van der Waals surface area (Å²) < 4.78 is 0. The summed E-state index contributed by atoms with van der Waals surface area (Å²) in [6, 6.07) is 18.8. The van der Waals surface area contributed by atoms with E-state index < -0.39 is 0 Å². The lowest BCUT2D eigenvalue weighted by Gasteiger charge is -2.20. The Kier molecular flexibility index (Phi) is 3.04.